The topological polar surface area (TPSA) is 97.6 Å². The number of halogens is 4. The SMILES string of the molecule is CC(=O)Nc1cc(CC(=O)Nc2nn3cccnc3c2-c2ccc(OC(F)(F)F)cc2)ccc1F. The molecule has 4 aromatic rings. The van der Waals surface area contributed by atoms with Gasteiger partial charge in [0.2, 0.25) is 11.8 Å². The molecular weight excluding hydrogens is 470 g/mol. The quantitative estimate of drug-likeness (QED) is 0.388. The highest BCUT2D eigenvalue weighted by Crippen LogP contribution is 2.33. The Labute approximate surface area is 195 Å². The van der Waals surface area contributed by atoms with Crippen LogP contribution in [0, 0.1) is 5.82 Å². The summed E-state index contributed by atoms with van der Waals surface area (Å²) in [7, 11) is 0. The molecule has 180 valence electrons. The summed E-state index contributed by atoms with van der Waals surface area (Å²) in [4.78, 5) is 28.3. The molecule has 2 aromatic carbocycles. The van der Waals surface area contributed by atoms with Crippen LogP contribution in [0.15, 0.2) is 60.9 Å². The molecular formula is C23H17F4N5O3. The molecule has 12 heteroatoms. The highest BCUT2D eigenvalue weighted by molar-refractivity contribution is 5.98. The van der Waals surface area contributed by atoms with E-state index in [0.717, 1.165) is 18.2 Å². The van der Waals surface area contributed by atoms with Crippen molar-refractivity contribution in [3.05, 3.63) is 72.3 Å². The average Bonchev–Trinajstić information content (AvgIpc) is 3.13. The number of hydrogen-bond acceptors (Lipinski definition) is 5. The van der Waals surface area contributed by atoms with E-state index in [9.17, 15) is 27.2 Å². The number of aromatic nitrogens is 3. The van der Waals surface area contributed by atoms with Gasteiger partial charge >= 0.3 is 6.36 Å². The third-order valence-electron chi connectivity index (χ3n) is 4.74. The Hall–Kier alpha value is -4.48. The van der Waals surface area contributed by atoms with Gasteiger partial charge < -0.3 is 15.4 Å². The molecule has 35 heavy (non-hydrogen) atoms. The molecule has 0 saturated heterocycles. The fraction of sp³-hybridized carbons (Fsp3) is 0.130. The Morgan fingerprint density at radius 2 is 1.83 bits per heavy atom. The van der Waals surface area contributed by atoms with Gasteiger partial charge in [0.05, 0.1) is 17.7 Å². The van der Waals surface area contributed by atoms with Gasteiger partial charge in [0.25, 0.3) is 0 Å². The summed E-state index contributed by atoms with van der Waals surface area (Å²) >= 11 is 0. The van der Waals surface area contributed by atoms with Crippen molar-refractivity contribution < 1.29 is 31.9 Å². The third-order valence-corrected chi connectivity index (χ3v) is 4.74. The van der Waals surface area contributed by atoms with E-state index in [1.165, 1.54) is 41.9 Å². The van der Waals surface area contributed by atoms with Crippen molar-refractivity contribution in [2.45, 2.75) is 19.7 Å². The van der Waals surface area contributed by atoms with E-state index in [0.29, 0.717) is 22.3 Å². The molecule has 8 nitrogen and oxygen atoms in total. The normalized spacial score (nSPS) is 11.3. The lowest BCUT2D eigenvalue weighted by Crippen LogP contribution is -2.17. The van der Waals surface area contributed by atoms with Gasteiger partial charge in [0.1, 0.15) is 11.6 Å². The molecule has 0 aliphatic carbocycles. The van der Waals surface area contributed by atoms with Gasteiger partial charge in [0.15, 0.2) is 11.5 Å². The zero-order chi connectivity index (χ0) is 25.2. The number of amides is 2. The highest BCUT2D eigenvalue weighted by atomic mass is 19.4. The van der Waals surface area contributed by atoms with Gasteiger partial charge in [-0.3, -0.25) is 9.59 Å². The lowest BCUT2D eigenvalue weighted by atomic mass is 10.1. The third kappa shape index (κ3) is 5.72. The molecule has 0 radical (unpaired) electrons. The van der Waals surface area contributed by atoms with E-state index in [1.54, 1.807) is 12.3 Å². The van der Waals surface area contributed by atoms with Crippen molar-refractivity contribution in [3.8, 4) is 16.9 Å². The number of anilines is 2. The maximum Gasteiger partial charge on any atom is 0.573 e. The molecule has 0 saturated carbocycles. The van der Waals surface area contributed by atoms with Crippen LogP contribution >= 0.6 is 0 Å². The van der Waals surface area contributed by atoms with Gasteiger partial charge in [-0.2, -0.15) is 0 Å². The zero-order valence-electron chi connectivity index (χ0n) is 18.1. The van der Waals surface area contributed by atoms with Crippen molar-refractivity contribution in [1.29, 1.82) is 0 Å². The van der Waals surface area contributed by atoms with Crippen LogP contribution in [0.2, 0.25) is 0 Å². The van der Waals surface area contributed by atoms with Crippen LogP contribution in [0.25, 0.3) is 16.8 Å². The zero-order valence-corrected chi connectivity index (χ0v) is 18.1. The minimum absolute atomic E-state index is 0.0541. The fourth-order valence-corrected chi connectivity index (χ4v) is 3.39. The number of hydrogen-bond donors (Lipinski definition) is 2. The molecule has 2 N–H and O–H groups in total. The van der Waals surface area contributed by atoms with E-state index < -0.39 is 29.7 Å². The Morgan fingerprint density at radius 1 is 1.09 bits per heavy atom. The Balaban J connectivity index is 1.61. The maximum atomic E-state index is 13.9. The van der Waals surface area contributed by atoms with E-state index >= 15 is 0 Å². The van der Waals surface area contributed by atoms with Crippen LogP contribution in [0.3, 0.4) is 0 Å². The van der Waals surface area contributed by atoms with Crippen molar-refractivity contribution in [1.82, 2.24) is 14.6 Å². The Bertz CT molecular complexity index is 1400. The lowest BCUT2D eigenvalue weighted by Gasteiger charge is -2.10. The van der Waals surface area contributed by atoms with Crippen LogP contribution in [-0.4, -0.2) is 32.8 Å². The molecule has 0 atom stereocenters. The minimum atomic E-state index is -4.83. The van der Waals surface area contributed by atoms with Gasteiger partial charge in [0, 0.05) is 19.3 Å². The number of nitrogens with zero attached hydrogens (tertiary/aromatic N) is 3. The average molecular weight is 487 g/mol. The van der Waals surface area contributed by atoms with Crippen LogP contribution in [0.4, 0.5) is 29.1 Å². The monoisotopic (exact) mass is 487 g/mol. The van der Waals surface area contributed by atoms with Gasteiger partial charge in [-0.15, -0.1) is 18.3 Å². The predicted molar refractivity (Wildman–Crippen MR) is 118 cm³/mol. The summed E-state index contributed by atoms with van der Waals surface area (Å²) in [6.45, 7) is 1.24. The Kier molecular flexibility index (Phi) is 6.36. The van der Waals surface area contributed by atoms with E-state index in [2.05, 4.69) is 25.5 Å². The molecule has 2 amide bonds. The molecule has 0 fully saturated rings. The number of nitrogens with one attached hydrogen (secondary N) is 2. The van der Waals surface area contributed by atoms with Crippen molar-refractivity contribution in [2.24, 2.45) is 0 Å². The van der Waals surface area contributed by atoms with Gasteiger partial charge in [-0.1, -0.05) is 18.2 Å². The first-order chi connectivity index (χ1) is 16.6. The van der Waals surface area contributed by atoms with Crippen LogP contribution < -0.4 is 15.4 Å². The second-order valence-electron chi connectivity index (χ2n) is 7.40. The standard InChI is InChI=1S/C23H17F4N5O3/c1-13(33)29-18-11-14(3-8-17(18)24)12-19(34)30-21-20(22-28-9-2-10-32(22)31-21)15-4-6-16(7-5-15)35-23(25,26)27/h2-11H,12H2,1H3,(H,29,33)(H,30,31,34). The first-order valence-electron chi connectivity index (χ1n) is 10.1. The fourth-order valence-electron chi connectivity index (χ4n) is 3.39. The van der Waals surface area contributed by atoms with E-state index in [-0.39, 0.29) is 17.9 Å². The molecule has 2 aromatic heterocycles. The molecule has 0 aliphatic rings. The van der Waals surface area contributed by atoms with Crippen molar-refractivity contribution >= 4 is 29.0 Å². The van der Waals surface area contributed by atoms with Crippen LogP contribution in [0.5, 0.6) is 5.75 Å². The second kappa shape index (κ2) is 9.41. The summed E-state index contributed by atoms with van der Waals surface area (Å²) in [5.74, 6) is -1.87. The van der Waals surface area contributed by atoms with E-state index in [1.807, 2.05) is 0 Å². The summed E-state index contributed by atoms with van der Waals surface area (Å²) in [6, 6.07) is 10.6. The molecule has 0 unspecified atom stereocenters. The smallest absolute Gasteiger partial charge is 0.406 e. The largest absolute Gasteiger partial charge is 0.573 e. The Morgan fingerprint density at radius 3 is 2.51 bits per heavy atom. The number of fused-ring (bicyclic) bond motifs is 1. The summed E-state index contributed by atoms with van der Waals surface area (Å²) in [5.41, 5.74) is 1.57. The van der Waals surface area contributed by atoms with Gasteiger partial charge in [-0.25, -0.2) is 13.9 Å². The number of alkyl halides is 3. The van der Waals surface area contributed by atoms with E-state index in [4.69, 9.17) is 0 Å². The predicted octanol–water partition coefficient (Wildman–Crippen LogP) is 4.57. The molecule has 0 aliphatic heterocycles. The number of benzene rings is 2. The number of carbonyl (C=O) groups is 2. The van der Waals surface area contributed by atoms with Crippen LogP contribution in [0.1, 0.15) is 12.5 Å². The molecule has 2 heterocycles. The minimum Gasteiger partial charge on any atom is -0.406 e. The molecule has 4 rings (SSSR count). The van der Waals surface area contributed by atoms with Crippen LogP contribution in [-0.2, 0) is 16.0 Å². The first-order valence-corrected chi connectivity index (χ1v) is 10.1. The summed E-state index contributed by atoms with van der Waals surface area (Å²) in [6.07, 6.45) is -1.88. The number of carbonyl (C=O) groups excluding carboxylic acids is 2. The second-order valence-corrected chi connectivity index (χ2v) is 7.40. The molecule has 0 bridgehead atoms. The first kappa shape index (κ1) is 23.7. The van der Waals surface area contributed by atoms with Gasteiger partial charge in [-0.05, 0) is 41.5 Å². The highest BCUT2D eigenvalue weighted by Gasteiger charge is 2.31. The number of rotatable bonds is 6. The van der Waals surface area contributed by atoms with Crippen molar-refractivity contribution in [2.75, 3.05) is 10.6 Å². The summed E-state index contributed by atoms with van der Waals surface area (Å²) < 4.78 is 56.7. The van der Waals surface area contributed by atoms with Crippen molar-refractivity contribution in [3.63, 3.8) is 0 Å². The number of ether oxygens (including phenoxy) is 1. The molecule has 0 spiro atoms. The lowest BCUT2D eigenvalue weighted by molar-refractivity contribution is -0.274. The maximum absolute atomic E-state index is 13.9. The summed E-state index contributed by atoms with van der Waals surface area (Å²) in [5, 5.41) is 9.34.